The molecule has 0 saturated carbocycles. The number of hydrogen-bond acceptors (Lipinski definition) is 5. The van der Waals surface area contributed by atoms with Crippen LogP contribution in [-0.4, -0.2) is 64.4 Å². The Morgan fingerprint density at radius 2 is 1.92 bits per heavy atom. The third-order valence-electron chi connectivity index (χ3n) is 4.92. The second kappa shape index (κ2) is 7.25. The molecule has 2 aliphatic rings. The van der Waals surface area contributed by atoms with Crippen LogP contribution in [0.25, 0.3) is 0 Å². The van der Waals surface area contributed by atoms with Crippen LogP contribution in [0.3, 0.4) is 0 Å². The van der Waals surface area contributed by atoms with Crippen molar-refractivity contribution in [3.05, 3.63) is 27.7 Å². The summed E-state index contributed by atoms with van der Waals surface area (Å²) in [4.78, 5) is 39.8. The van der Waals surface area contributed by atoms with Gasteiger partial charge in [0.15, 0.2) is 0 Å². The van der Waals surface area contributed by atoms with E-state index in [2.05, 4.69) is 5.10 Å². The Morgan fingerprint density at radius 3 is 2.60 bits per heavy atom. The highest BCUT2D eigenvalue weighted by molar-refractivity contribution is 5.80. The quantitative estimate of drug-likeness (QED) is 0.761. The van der Waals surface area contributed by atoms with Crippen molar-refractivity contribution in [3.63, 3.8) is 0 Å². The lowest BCUT2D eigenvalue weighted by Gasteiger charge is -2.36. The van der Waals surface area contributed by atoms with E-state index in [4.69, 9.17) is 4.74 Å². The lowest BCUT2D eigenvalue weighted by atomic mass is 9.86. The van der Waals surface area contributed by atoms with E-state index in [1.54, 1.807) is 24.9 Å². The van der Waals surface area contributed by atoms with Crippen molar-refractivity contribution in [2.24, 2.45) is 13.0 Å². The molecule has 1 aliphatic heterocycles. The lowest BCUT2D eigenvalue weighted by molar-refractivity contribution is -0.137. The van der Waals surface area contributed by atoms with E-state index in [1.165, 1.54) is 4.68 Å². The van der Waals surface area contributed by atoms with Crippen LogP contribution in [-0.2, 0) is 29.4 Å². The molecule has 1 atom stereocenters. The van der Waals surface area contributed by atoms with Crippen LogP contribution in [0, 0.1) is 5.92 Å². The summed E-state index contributed by atoms with van der Waals surface area (Å²) in [6.45, 7) is 4.17. The molecule has 0 unspecified atom stereocenters. The Morgan fingerprint density at radius 1 is 1.24 bits per heavy atom. The second-order valence-electron chi connectivity index (χ2n) is 6.53. The molecule has 8 nitrogen and oxygen atoms in total. The average molecular weight is 348 g/mol. The van der Waals surface area contributed by atoms with Gasteiger partial charge >= 0.3 is 6.09 Å². The fourth-order valence-electron chi connectivity index (χ4n) is 3.48. The monoisotopic (exact) mass is 348 g/mol. The topological polar surface area (TPSA) is 84.7 Å². The molecule has 25 heavy (non-hydrogen) atoms. The molecular formula is C17H24N4O4. The molecular weight excluding hydrogens is 324 g/mol. The summed E-state index contributed by atoms with van der Waals surface area (Å²) in [7, 11) is 1.64. The molecule has 1 fully saturated rings. The predicted octanol–water partition coefficient (Wildman–Crippen LogP) is 0.186. The Labute approximate surface area is 146 Å². The Balaban J connectivity index is 1.60. The fraction of sp³-hybridized carbons (Fsp3) is 0.647. The number of piperazine rings is 1. The normalized spacial score (nSPS) is 20.2. The predicted molar refractivity (Wildman–Crippen MR) is 90.2 cm³/mol. The van der Waals surface area contributed by atoms with Gasteiger partial charge in [0.1, 0.15) is 0 Å². The van der Waals surface area contributed by atoms with Crippen LogP contribution in [0.2, 0.25) is 0 Å². The number of carbonyl (C=O) groups is 2. The highest BCUT2D eigenvalue weighted by Gasteiger charge is 2.32. The van der Waals surface area contributed by atoms with E-state index in [9.17, 15) is 14.4 Å². The summed E-state index contributed by atoms with van der Waals surface area (Å²) in [5.74, 6) is -0.00890. The van der Waals surface area contributed by atoms with Crippen LogP contribution in [0.5, 0.6) is 0 Å². The molecule has 1 aromatic rings. The smallest absolute Gasteiger partial charge is 0.409 e. The van der Waals surface area contributed by atoms with Crippen molar-refractivity contribution in [3.8, 4) is 0 Å². The summed E-state index contributed by atoms with van der Waals surface area (Å²) in [5, 5.41) is 4.29. The van der Waals surface area contributed by atoms with Crippen molar-refractivity contribution >= 4 is 12.0 Å². The van der Waals surface area contributed by atoms with Gasteiger partial charge in [-0.15, -0.1) is 0 Å². The maximum absolute atomic E-state index is 12.8. The molecule has 2 amide bonds. The summed E-state index contributed by atoms with van der Waals surface area (Å²) in [6, 6.07) is 1.60. The van der Waals surface area contributed by atoms with Crippen LogP contribution in [0.4, 0.5) is 4.79 Å². The van der Waals surface area contributed by atoms with Gasteiger partial charge < -0.3 is 14.5 Å². The molecule has 0 bridgehead atoms. The van der Waals surface area contributed by atoms with Crippen molar-refractivity contribution in [2.75, 3.05) is 32.8 Å². The molecule has 1 aliphatic carbocycles. The molecule has 2 heterocycles. The highest BCUT2D eigenvalue weighted by atomic mass is 16.6. The van der Waals surface area contributed by atoms with Gasteiger partial charge in [0.2, 0.25) is 5.91 Å². The standard InChI is InChI=1S/C17H24N4O4/c1-3-25-17(24)21-8-6-20(7-9-21)16(23)12-4-5-14-13(10-12)11-15(22)19(2)18-14/h11-12H,3-10H2,1-2H3/t12-/m1/s1. The Bertz CT molecular complexity index is 722. The number of amides is 2. The number of fused-ring (bicyclic) bond motifs is 1. The fourth-order valence-corrected chi connectivity index (χ4v) is 3.48. The largest absolute Gasteiger partial charge is 0.450 e. The van der Waals surface area contributed by atoms with E-state index < -0.39 is 0 Å². The summed E-state index contributed by atoms with van der Waals surface area (Å²) in [5.41, 5.74) is 1.66. The maximum atomic E-state index is 12.8. The number of aryl methyl sites for hydroxylation is 2. The number of ether oxygens (including phenoxy) is 1. The number of hydrogen-bond donors (Lipinski definition) is 0. The molecule has 136 valence electrons. The molecule has 1 aromatic heterocycles. The minimum Gasteiger partial charge on any atom is -0.450 e. The first-order valence-electron chi connectivity index (χ1n) is 8.76. The van der Waals surface area contributed by atoms with Crippen molar-refractivity contribution in [2.45, 2.75) is 26.2 Å². The first-order chi connectivity index (χ1) is 12.0. The van der Waals surface area contributed by atoms with Gasteiger partial charge in [-0.3, -0.25) is 9.59 Å². The van der Waals surface area contributed by atoms with Gasteiger partial charge in [-0.2, -0.15) is 5.10 Å². The zero-order valence-corrected chi connectivity index (χ0v) is 14.7. The zero-order chi connectivity index (χ0) is 18.0. The van der Waals surface area contributed by atoms with Gasteiger partial charge in [0.05, 0.1) is 12.3 Å². The number of carbonyl (C=O) groups excluding carboxylic acids is 2. The molecule has 3 rings (SSSR count). The number of nitrogens with zero attached hydrogens (tertiary/aromatic N) is 4. The molecule has 0 spiro atoms. The summed E-state index contributed by atoms with van der Waals surface area (Å²) < 4.78 is 6.34. The Hall–Kier alpha value is -2.38. The van der Waals surface area contributed by atoms with Crippen molar-refractivity contribution in [1.29, 1.82) is 0 Å². The third kappa shape index (κ3) is 3.67. The molecule has 1 saturated heterocycles. The van der Waals surface area contributed by atoms with Crippen LogP contribution in [0.15, 0.2) is 10.9 Å². The minimum absolute atomic E-state index is 0.106. The first-order valence-corrected chi connectivity index (χ1v) is 8.76. The zero-order valence-electron chi connectivity index (χ0n) is 14.7. The van der Waals surface area contributed by atoms with E-state index in [0.717, 1.165) is 17.7 Å². The van der Waals surface area contributed by atoms with Crippen LogP contribution in [0.1, 0.15) is 24.6 Å². The van der Waals surface area contributed by atoms with Crippen LogP contribution >= 0.6 is 0 Å². The van der Waals surface area contributed by atoms with Gasteiger partial charge in [0, 0.05) is 45.2 Å². The van der Waals surface area contributed by atoms with Crippen molar-refractivity contribution in [1.82, 2.24) is 19.6 Å². The van der Waals surface area contributed by atoms with Gasteiger partial charge in [0.25, 0.3) is 5.56 Å². The van der Waals surface area contributed by atoms with Gasteiger partial charge in [-0.25, -0.2) is 9.48 Å². The summed E-state index contributed by atoms with van der Waals surface area (Å²) >= 11 is 0. The summed E-state index contributed by atoms with van der Waals surface area (Å²) in [6.07, 6.45) is 1.70. The van der Waals surface area contributed by atoms with Gasteiger partial charge in [-0.05, 0) is 31.7 Å². The average Bonchev–Trinajstić information content (AvgIpc) is 2.62. The van der Waals surface area contributed by atoms with Gasteiger partial charge in [-0.1, -0.05) is 0 Å². The molecule has 0 aromatic carbocycles. The number of aromatic nitrogens is 2. The first kappa shape index (κ1) is 17.4. The molecule has 8 heteroatoms. The SMILES string of the molecule is CCOC(=O)N1CCN(C(=O)[C@@H]2CCc3nn(C)c(=O)cc3C2)CC1. The molecule has 0 N–H and O–H groups in total. The van der Waals surface area contributed by atoms with E-state index in [0.29, 0.717) is 45.6 Å². The van der Waals surface area contributed by atoms with Crippen molar-refractivity contribution < 1.29 is 14.3 Å². The lowest BCUT2D eigenvalue weighted by Crippen LogP contribution is -2.52. The third-order valence-corrected chi connectivity index (χ3v) is 4.92. The highest BCUT2D eigenvalue weighted by Crippen LogP contribution is 2.25. The minimum atomic E-state index is -0.317. The van der Waals surface area contributed by atoms with E-state index in [-0.39, 0.29) is 23.5 Å². The Kier molecular flexibility index (Phi) is 5.06. The molecule has 0 radical (unpaired) electrons. The van der Waals surface area contributed by atoms with Crippen LogP contribution < -0.4 is 5.56 Å². The number of rotatable bonds is 2. The second-order valence-corrected chi connectivity index (χ2v) is 6.53. The van der Waals surface area contributed by atoms with E-state index >= 15 is 0 Å². The maximum Gasteiger partial charge on any atom is 0.409 e. The van der Waals surface area contributed by atoms with E-state index in [1.807, 2.05) is 4.90 Å².